The van der Waals surface area contributed by atoms with Gasteiger partial charge in [-0.05, 0) is 19.3 Å². The Bertz CT molecular complexity index is 286. The Morgan fingerprint density at radius 2 is 1.56 bits per heavy atom. The molecule has 2 saturated heterocycles. The summed E-state index contributed by atoms with van der Waals surface area (Å²) in [6.45, 7) is 8.35. The molecule has 0 bridgehead atoms. The predicted molar refractivity (Wildman–Crippen MR) is 78.2 cm³/mol. The van der Waals surface area contributed by atoms with E-state index in [1.54, 1.807) is 0 Å². The zero-order chi connectivity index (χ0) is 13.0. The molecule has 2 fully saturated rings. The van der Waals surface area contributed by atoms with Gasteiger partial charge in [-0.15, -0.1) is 0 Å². The third kappa shape index (κ3) is 3.81. The van der Waals surface area contributed by atoms with Gasteiger partial charge in [-0.3, -0.25) is 0 Å². The van der Waals surface area contributed by atoms with Crippen molar-refractivity contribution >= 4 is 17.8 Å². The Morgan fingerprint density at radius 3 is 2.22 bits per heavy atom. The second-order valence-electron chi connectivity index (χ2n) is 6.03. The summed E-state index contributed by atoms with van der Waals surface area (Å²) in [5.74, 6) is 1.08. The van der Waals surface area contributed by atoms with Crippen molar-refractivity contribution in [3.05, 3.63) is 0 Å². The molecule has 0 saturated carbocycles. The van der Waals surface area contributed by atoms with Crippen molar-refractivity contribution in [3.8, 4) is 0 Å². The highest BCUT2D eigenvalue weighted by Gasteiger charge is 2.28. The van der Waals surface area contributed by atoms with Gasteiger partial charge in [-0.1, -0.05) is 26.7 Å². The van der Waals surface area contributed by atoms with Crippen LogP contribution in [0.5, 0.6) is 0 Å². The van der Waals surface area contributed by atoms with Crippen molar-refractivity contribution in [1.29, 1.82) is 0 Å². The molecule has 2 rings (SSSR count). The zero-order valence-corrected chi connectivity index (χ0v) is 12.6. The Balaban J connectivity index is 1.91. The van der Waals surface area contributed by atoms with Crippen molar-refractivity contribution in [1.82, 2.24) is 9.80 Å². The van der Waals surface area contributed by atoms with Crippen molar-refractivity contribution in [2.45, 2.75) is 50.7 Å². The van der Waals surface area contributed by atoms with Crippen molar-refractivity contribution in [2.24, 2.45) is 0 Å². The highest BCUT2D eigenvalue weighted by molar-refractivity contribution is 8.00. The minimum atomic E-state index is 0.287. The van der Waals surface area contributed by atoms with Gasteiger partial charge in [-0.2, -0.15) is 11.8 Å². The second-order valence-corrected chi connectivity index (χ2v) is 7.83. The molecule has 0 N–H and O–H groups in total. The van der Waals surface area contributed by atoms with Crippen LogP contribution in [0.3, 0.4) is 0 Å². The quantitative estimate of drug-likeness (QED) is 0.675. The van der Waals surface area contributed by atoms with Gasteiger partial charge < -0.3 is 9.80 Å². The van der Waals surface area contributed by atoms with Gasteiger partial charge in [0.05, 0.1) is 0 Å². The lowest BCUT2D eigenvalue weighted by Gasteiger charge is -2.29. The number of hydrogen-bond acceptors (Lipinski definition) is 2. The molecule has 0 aromatic heterocycles. The van der Waals surface area contributed by atoms with Crippen LogP contribution in [0.15, 0.2) is 0 Å². The summed E-state index contributed by atoms with van der Waals surface area (Å²) < 4.78 is 0.327. The lowest BCUT2D eigenvalue weighted by atomic mass is 10.1. The molecule has 104 valence electrons. The molecule has 2 aliphatic heterocycles. The number of hydrogen-bond donors (Lipinski definition) is 0. The molecule has 0 spiro atoms. The summed E-state index contributed by atoms with van der Waals surface area (Å²) in [6, 6.07) is 0.287. The van der Waals surface area contributed by atoms with Gasteiger partial charge in [0.1, 0.15) is 0 Å². The van der Waals surface area contributed by atoms with Gasteiger partial charge >= 0.3 is 6.03 Å². The van der Waals surface area contributed by atoms with E-state index >= 15 is 0 Å². The van der Waals surface area contributed by atoms with Gasteiger partial charge in [0, 0.05) is 36.7 Å². The fourth-order valence-electron chi connectivity index (χ4n) is 2.67. The van der Waals surface area contributed by atoms with E-state index in [9.17, 15) is 4.79 Å². The number of urea groups is 1. The molecule has 0 unspecified atom stereocenters. The molecule has 3 nitrogen and oxygen atoms in total. The van der Waals surface area contributed by atoms with Crippen LogP contribution in [0.2, 0.25) is 0 Å². The third-order valence-electron chi connectivity index (χ3n) is 3.98. The minimum Gasteiger partial charge on any atom is -0.325 e. The summed E-state index contributed by atoms with van der Waals surface area (Å²) >= 11 is 2.00. The first-order chi connectivity index (χ1) is 8.58. The van der Waals surface area contributed by atoms with Crippen LogP contribution >= 0.6 is 11.8 Å². The van der Waals surface area contributed by atoms with Gasteiger partial charge in [0.25, 0.3) is 0 Å². The third-order valence-corrected chi connectivity index (χ3v) is 5.36. The predicted octanol–water partition coefficient (Wildman–Crippen LogP) is 3.20. The molecule has 0 aliphatic carbocycles. The molecule has 2 aliphatic rings. The first kappa shape index (κ1) is 14.0. The summed E-state index contributed by atoms with van der Waals surface area (Å²) in [7, 11) is 0. The lowest BCUT2D eigenvalue weighted by Crippen LogP contribution is -2.44. The number of carbonyl (C=O) groups excluding carboxylic acids is 1. The number of carbonyl (C=O) groups is 1. The van der Waals surface area contributed by atoms with E-state index in [1.807, 2.05) is 11.8 Å². The highest BCUT2D eigenvalue weighted by Crippen LogP contribution is 2.31. The average molecular weight is 270 g/mol. The molecule has 18 heavy (non-hydrogen) atoms. The number of nitrogens with zero attached hydrogens (tertiary/aromatic N) is 2. The van der Waals surface area contributed by atoms with E-state index in [1.165, 1.54) is 25.7 Å². The SMILES string of the molecule is CC1(C)CCN(C(=O)N2CCCCCC2)CCS1. The second kappa shape index (κ2) is 6.18. The topological polar surface area (TPSA) is 23.6 Å². The van der Waals surface area contributed by atoms with E-state index in [2.05, 4.69) is 23.6 Å². The van der Waals surface area contributed by atoms with E-state index in [0.29, 0.717) is 4.75 Å². The van der Waals surface area contributed by atoms with Crippen LogP contribution in [0.25, 0.3) is 0 Å². The van der Waals surface area contributed by atoms with Gasteiger partial charge in [-0.25, -0.2) is 4.79 Å². The summed E-state index contributed by atoms with van der Waals surface area (Å²) in [5, 5.41) is 0. The van der Waals surface area contributed by atoms with Crippen molar-refractivity contribution in [2.75, 3.05) is 31.9 Å². The van der Waals surface area contributed by atoms with E-state index < -0.39 is 0 Å². The normalized spacial score (nSPS) is 25.4. The zero-order valence-electron chi connectivity index (χ0n) is 11.8. The molecule has 0 radical (unpaired) electrons. The lowest BCUT2D eigenvalue weighted by molar-refractivity contribution is 0.156. The smallest absolute Gasteiger partial charge is 0.320 e. The van der Waals surface area contributed by atoms with Crippen LogP contribution in [0.4, 0.5) is 4.79 Å². The van der Waals surface area contributed by atoms with Crippen LogP contribution in [0.1, 0.15) is 46.0 Å². The molecular formula is C14H26N2OS. The van der Waals surface area contributed by atoms with Crippen LogP contribution in [-0.2, 0) is 0 Å². The van der Waals surface area contributed by atoms with E-state index in [-0.39, 0.29) is 6.03 Å². The summed E-state index contributed by atoms with van der Waals surface area (Å²) in [5.41, 5.74) is 0. The molecule has 2 heterocycles. The Labute approximate surface area is 115 Å². The molecule has 0 aromatic carbocycles. The monoisotopic (exact) mass is 270 g/mol. The molecule has 0 aromatic rings. The van der Waals surface area contributed by atoms with Crippen LogP contribution < -0.4 is 0 Å². The Kier molecular flexibility index (Phi) is 4.82. The molecule has 0 atom stereocenters. The molecule has 2 amide bonds. The standard InChI is InChI=1S/C14H26N2OS/c1-14(2)7-10-16(11-12-18-14)13(17)15-8-5-3-4-6-9-15/h3-12H2,1-2H3. The van der Waals surface area contributed by atoms with Crippen LogP contribution in [0, 0.1) is 0 Å². The van der Waals surface area contributed by atoms with E-state index in [4.69, 9.17) is 0 Å². The Hall–Kier alpha value is -0.380. The number of thioether (sulfide) groups is 1. The largest absolute Gasteiger partial charge is 0.325 e. The highest BCUT2D eigenvalue weighted by atomic mass is 32.2. The maximum absolute atomic E-state index is 12.5. The summed E-state index contributed by atoms with van der Waals surface area (Å²) in [4.78, 5) is 16.7. The number of amides is 2. The first-order valence-corrected chi connectivity index (χ1v) is 8.25. The van der Waals surface area contributed by atoms with Crippen LogP contribution in [-0.4, -0.2) is 52.5 Å². The van der Waals surface area contributed by atoms with Gasteiger partial charge in [0.2, 0.25) is 0 Å². The number of likely N-dealkylation sites (tertiary alicyclic amines) is 1. The summed E-state index contributed by atoms with van der Waals surface area (Å²) in [6.07, 6.45) is 6.04. The first-order valence-electron chi connectivity index (χ1n) is 7.26. The maximum atomic E-state index is 12.5. The Morgan fingerprint density at radius 1 is 0.944 bits per heavy atom. The van der Waals surface area contributed by atoms with Crippen molar-refractivity contribution in [3.63, 3.8) is 0 Å². The van der Waals surface area contributed by atoms with Crippen molar-refractivity contribution < 1.29 is 4.79 Å². The van der Waals surface area contributed by atoms with E-state index in [0.717, 1.165) is 38.4 Å². The molecular weight excluding hydrogens is 244 g/mol. The fourth-order valence-corrected chi connectivity index (χ4v) is 3.77. The minimum absolute atomic E-state index is 0.287. The number of rotatable bonds is 0. The molecule has 4 heteroatoms. The fraction of sp³-hybridized carbons (Fsp3) is 0.929. The van der Waals surface area contributed by atoms with Gasteiger partial charge in [0.15, 0.2) is 0 Å². The maximum Gasteiger partial charge on any atom is 0.320 e. The average Bonchev–Trinajstić information content (AvgIpc) is 2.68.